The summed E-state index contributed by atoms with van der Waals surface area (Å²) in [5.41, 5.74) is 7.71. The molecule has 0 aliphatic carbocycles. The molecular weight excluding hydrogens is 350 g/mol. The molecule has 5 heteroatoms. The molecule has 0 atom stereocenters. The predicted molar refractivity (Wildman–Crippen MR) is 111 cm³/mol. The van der Waals surface area contributed by atoms with Crippen LogP contribution in [-0.2, 0) is 13.1 Å². The predicted octanol–water partition coefficient (Wildman–Crippen LogP) is 3.98. The Morgan fingerprint density at radius 1 is 1.00 bits per heavy atom. The lowest BCUT2D eigenvalue weighted by Crippen LogP contribution is -2.17. The summed E-state index contributed by atoms with van der Waals surface area (Å²) >= 11 is 0. The number of benzene rings is 3. The number of amides is 1. The van der Waals surface area contributed by atoms with Gasteiger partial charge in [-0.05, 0) is 65.2 Å². The number of methoxy groups -OCH3 is 1. The highest BCUT2D eigenvalue weighted by Crippen LogP contribution is 2.28. The van der Waals surface area contributed by atoms with Crippen LogP contribution in [0.3, 0.4) is 0 Å². The van der Waals surface area contributed by atoms with Crippen molar-refractivity contribution < 1.29 is 9.53 Å². The monoisotopic (exact) mass is 371 g/mol. The second-order valence-electron chi connectivity index (χ2n) is 6.65. The van der Waals surface area contributed by atoms with Crippen LogP contribution in [0.15, 0.2) is 77.9 Å². The van der Waals surface area contributed by atoms with Crippen LogP contribution in [-0.4, -0.2) is 19.2 Å². The molecule has 1 amide bonds. The smallest absolute Gasteiger partial charge is 0.271 e. The second-order valence-corrected chi connectivity index (χ2v) is 6.65. The van der Waals surface area contributed by atoms with E-state index >= 15 is 0 Å². The number of hydrazone groups is 1. The van der Waals surface area contributed by atoms with E-state index in [1.54, 1.807) is 13.3 Å². The minimum absolute atomic E-state index is 0.217. The summed E-state index contributed by atoms with van der Waals surface area (Å²) in [6.45, 7) is 1.66. The molecule has 0 saturated heterocycles. The normalized spacial score (nSPS) is 12.8. The molecule has 0 spiro atoms. The first-order chi connectivity index (χ1) is 13.7. The molecule has 1 aliphatic rings. The number of hydrogen-bond donors (Lipinski definition) is 1. The van der Waals surface area contributed by atoms with Crippen molar-refractivity contribution in [1.29, 1.82) is 0 Å². The van der Waals surface area contributed by atoms with Crippen molar-refractivity contribution in [3.05, 3.63) is 95.1 Å². The van der Waals surface area contributed by atoms with Gasteiger partial charge in [0.2, 0.25) is 0 Å². The van der Waals surface area contributed by atoms with E-state index in [0.717, 1.165) is 24.4 Å². The van der Waals surface area contributed by atoms with Gasteiger partial charge in [0.1, 0.15) is 5.75 Å². The van der Waals surface area contributed by atoms with E-state index in [1.807, 2.05) is 60.7 Å². The van der Waals surface area contributed by atoms with Gasteiger partial charge in [-0.3, -0.25) is 4.79 Å². The zero-order valence-electron chi connectivity index (χ0n) is 15.6. The maximum atomic E-state index is 12.4. The quantitative estimate of drug-likeness (QED) is 0.545. The fourth-order valence-electron chi connectivity index (χ4n) is 3.28. The molecule has 0 unspecified atom stereocenters. The topological polar surface area (TPSA) is 53.9 Å². The van der Waals surface area contributed by atoms with E-state index in [9.17, 15) is 4.79 Å². The fraction of sp³-hybridized carbons (Fsp3) is 0.130. The van der Waals surface area contributed by atoms with Crippen LogP contribution in [0.25, 0.3) is 0 Å². The molecule has 1 aliphatic heterocycles. The molecule has 1 N–H and O–H groups in total. The number of nitrogens with one attached hydrogen (secondary N) is 1. The van der Waals surface area contributed by atoms with Gasteiger partial charge in [-0.25, -0.2) is 5.43 Å². The van der Waals surface area contributed by atoms with Gasteiger partial charge >= 0.3 is 0 Å². The number of nitrogens with zero attached hydrogens (tertiary/aromatic N) is 2. The Labute approximate surface area is 164 Å². The summed E-state index contributed by atoms with van der Waals surface area (Å²) in [6.07, 6.45) is 1.61. The highest BCUT2D eigenvalue weighted by atomic mass is 16.5. The highest BCUT2D eigenvalue weighted by Gasteiger charge is 2.20. The van der Waals surface area contributed by atoms with E-state index in [2.05, 4.69) is 27.6 Å². The summed E-state index contributed by atoms with van der Waals surface area (Å²) in [5.74, 6) is 0.564. The van der Waals surface area contributed by atoms with Crippen molar-refractivity contribution in [3.8, 4) is 5.75 Å². The Bertz CT molecular complexity index is 998. The maximum absolute atomic E-state index is 12.4. The first-order valence-corrected chi connectivity index (χ1v) is 9.12. The van der Waals surface area contributed by atoms with Gasteiger partial charge < -0.3 is 9.64 Å². The Balaban J connectivity index is 1.40. The number of fused-ring (bicyclic) bond motifs is 1. The number of hydrogen-bond acceptors (Lipinski definition) is 4. The van der Waals surface area contributed by atoms with E-state index in [1.165, 1.54) is 16.8 Å². The lowest BCUT2D eigenvalue weighted by Gasteiger charge is -2.17. The number of anilines is 1. The molecule has 0 saturated carbocycles. The van der Waals surface area contributed by atoms with Crippen LogP contribution in [0.2, 0.25) is 0 Å². The van der Waals surface area contributed by atoms with E-state index in [0.29, 0.717) is 5.56 Å². The van der Waals surface area contributed by atoms with Gasteiger partial charge in [-0.1, -0.05) is 24.3 Å². The molecular formula is C23H21N3O2. The third-order valence-electron chi connectivity index (χ3n) is 4.81. The summed E-state index contributed by atoms with van der Waals surface area (Å²) < 4.78 is 5.12. The van der Waals surface area contributed by atoms with Crippen molar-refractivity contribution in [3.63, 3.8) is 0 Å². The first-order valence-electron chi connectivity index (χ1n) is 9.12. The summed E-state index contributed by atoms with van der Waals surface area (Å²) in [5, 5.41) is 4.05. The minimum atomic E-state index is -0.217. The van der Waals surface area contributed by atoms with Crippen molar-refractivity contribution >= 4 is 17.8 Å². The number of carbonyl (C=O) groups excluding carboxylic acids is 1. The van der Waals surface area contributed by atoms with Crippen molar-refractivity contribution in [2.24, 2.45) is 5.10 Å². The van der Waals surface area contributed by atoms with Gasteiger partial charge in [0, 0.05) is 24.3 Å². The van der Waals surface area contributed by atoms with E-state index < -0.39 is 0 Å². The first kappa shape index (κ1) is 17.8. The number of para-hydroxylation sites is 1. The van der Waals surface area contributed by atoms with Crippen LogP contribution in [0.1, 0.15) is 27.0 Å². The van der Waals surface area contributed by atoms with Gasteiger partial charge in [0.25, 0.3) is 5.91 Å². The lowest BCUT2D eigenvalue weighted by molar-refractivity contribution is 0.0955. The molecule has 3 aromatic carbocycles. The molecule has 0 radical (unpaired) electrons. The molecule has 0 fully saturated rings. The van der Waals surface area contributed by atoms with Gasteiger partial charge in [-0.2, -0.15) is 5.10 Å². The SMILES string of the molecule is COc1ccc(/C=N\NC(=O)c2ccc3c(c2)CN(c2ccccc2)C3)cc1. The molecule has 3 aromatic rings. The van der Waals surface area contributed by atoms with Gasteiger partial charge in [0.05, 0.1) is 13.3 Å². The second kappa shape index (κ2) is 7.96. The van der Waals surface area contributed by atoms with Crippen molar-refractivity contribution in [2.45, 2.75) is 13.1 Å². The maximum Gasteiger partial charge on any atom is 0.271 e. The van der Waals surface area contributed by atoms with E-state index in [-0.39, 0.29) is 5.91 Å². The van der Waals surface area contributed by atoms with Crippen LogP contribution < -0.4 is 15.1 Å². The molecule has 5 nitrogen and oxygen atoms in total. The Hall–Kier alpha value is -3.60. The van der Waals surface area contributed by atoms with Gasteiger partial charge in [-0.15, -0.1) is 0 Å². The third kappa shape index (κ3) is 3.88. The summed E-state index contributed by atoms with van der Waals surface area (Å²) in [4.78, 5) is 14.7. The molecule has 0 aromatic heterocycles. The van der Waals surface area contributed by atoms with Crippen LogP contribution in [0.4, 0.5) is 5.69 Å². The Morgan fingerprint density at radius 2 is 1.75 bits per heavy atom. The van der Waals surface area contributed by atoms with Crippen LogP contribution in [0.5, 0.6) is 5.75 Å². The largest absolute Gasteiger partial charge is 0.497 e. The average Bonchev–Trinajstić information content (AvgIpc) is 3.18. The number of ether oxygens (including phenoxy) is 1. The standard InChI is InChI=1S/C23H21N3O2/c1-28-22-11-7-17(8-12-22)14-24-25-23(27)18-9-10-19-15-26(16-20(19)13-18)21-5-3-2-4-6-21/h2-14H,15-16H2,1H3,(H,25,27)/b24-14-. The average molecular weight is 371 g/mol. The number of rotatable bonds is 5. The van der Waals surface area contributed by atoms with E-state index in [4.69, 9.17) is 4.74 Å². The molecule has 140 valence electrons. The third-order valence-corrected chi connectivity index (χ3v) is 4.81. The lowest BCUT2D eigenvalue weighted by atomic mass is 10.1. The highest BCUT2D eigenvalue weighted by molar-refractivity contribution is 5.95. The van der Waals surface area contributed by atoms with Gasteiger partial charge in [0.15, 0.2) is 0 Å². The Morgan fingerprint density at radius 3 is 2.50 bits per heavy atom. The van der Waals surface area contributed by atoms with Crippen LogP contribution in [0, 0.1) is 0 Å². The fourth-order valence-corrected chi connectivity index (χ4v) is 3.28. The molecule has 0 bridgehead atoms. The zero-order valence-corrected chi connectivity index (χ0v) is 15.6. The van der Waals surface area contributed by atoms with Crippen molar-refractivity contribution in [1.82, 2.24) is 5.43 Å². The number of carbonyl (C=O) groups is 1. The summed E-state index contributed by atoms with van der Waals surface area (Å²) in [6, 6.07) is 23.6. The Kier molecular flexibility index (Phi) is 5.06. The molecule has 1 heterocycles. The molecule has 28 heavy (non-hydrogen) atoms. The zero-order chi connectivity index (χ0) is 19.3. The minimum Gasteiger partial charge on any atom is -0.497 e. The summed E-state index contributed by atoms with van der Waals surface area (Å²) in [7, 11) is 1.62. The van der Waals surface area contributed by atoms with Crippen molar-refractivity contribution in [2.75, 3.05) is 12.0 Å². The molecule has 4 rings (SSSR count). The van der Waals surface area contributed by atoms with Crippen LogP contribution >= 0.6 is 0 Å².